The number of carbonyl (C=O) groups excluding carboxylic acids is 2. The van der Waals surface area contributed by atoms with Crippen LogP contribution < -0.4 is 9.47 Å². The van der Waals surface area contributed by atoms with Crippen LogP contribution in [-0.2, 0) is 38.3 Å². The van der Waals surface area contributed by atoms with E-state index in [4.69, 9.17) is 18.9 Å². The fourth-order valence-electron chi connectivity index (χ4n) is 8.56. The van der Waals surface area contributed by atoms with Crippen molar-refractivity contribution in [3.05, 3.63) is 88.5 Å². The number of phenolic OH excluding ortho intramolecular Hbond substituents is 2. The van der Waals surface area contributed by atoms with E-state index in [1.807, 2.05) is 36.4 Å². The molecule has 3 aromatic carbocycles. The number of allylic oxidation sites excluding steroid dienone is 1. The fraction of sp³-hybridized carbons (Fsp3) is 0.421. The van der Waals surface area contributed by atoms with Gasteiger partial charge in [-0.15, -0.1) is 0 Å². The topological polar surface area (TPSA) is 112 Å². The first-order valence-electron chi connectivity index (χ1n) is 16.0. The second kappa shape index (κ2) is 12.7. The Kier molecular flexibility index (Phi) is 8.73. The van der Waals surface area contributed by atoms with Gasteiger partial charge in [-0.1, -0.05) is 42.5 Å². The van der Waals surface area contributed by atoms with Gasteiger partial charge in [0.25, 0.3) is 0 Å². The van der Waals surface area contributed by atoms with Crippen molar-refractivity contribution >= 4 is 18.0 Å². The number of benzene rings is 3. The van der Waals surface area contributed by atoms with E-state index in [-0.39, 0.29) is 41.2 Å². The first-order chi connectivity index (χ1) is 22.1. The molecule has 1 saturated carbocycles. The molecule has 8 heteroatoms. The zero-order chi connectivity index (χ0) is 32.6. The molecule has 0 saturated heterocycles. The Morgan fingerprint density at radius 1 is 0.826 bits per heavy atom. The van der Waals surface area contributed by atoms with Crippen molar-refractivity contribution in [1.29, 1.82) is 0 Å². The van der Waals surface area contributed by atoms with Gasteiger partial charge in [0.15, 0.2) is 23.0 Å². The lowest BCUT2D eigenvalue weighted by atomic mass is 9.49. The maximum Gasteiger partial charge on any atom is 0.302 e. The number of hydrogen-bond acceptors (Lipinski definition) is 8. The highest BCUT2D eigenvalue weighted by molar-refractivity contribution is 5.67. The van der Waals surface area contributed by atoms with E-state index >= 15 is 0 Å². The van der Waals surface area contributed by atoms with Gasteiger partial charge in [-0.3, -0.25) is 9.59 Å². The van der Waals surface area contributed by atoms with Crippen LogP contribution in [0.25, 0.3) is 6.08 Å². The number of aryl methyl sites for hydroxylation is 1. The normalized spacial score (nSPS) is 26.7. The van der Waals surface area contributed by atoms with Crippen LogP contribution in [0.5, 0.6) is 23.0 Å². The molecular formula is C38H42O8. The van der Waals surface area contributed by atoms with Gasteiger partial charge in [-0.2, -0.15) is 0 Å². The number of aromatic hydroxyl groups is 2. The van der Waals surface area contributed by atoms with Crippen molar-refractivity contribution in [3.63, 3.8) is 0 Å². The first-order valence-corrected chi connectivity index (χ1v) is 16.0. The van der Waals surface area contributed by atoms with Gasteiger partial charge in [0.05, 0.1) is 14.2 Å². The van der Waals surface area contributed by atoms with Crippen LogP contribution in [0.2, 0.25) is 0 Å². The van der Waals surface area contributed by atoms with E-state index in [1.165, 1.54) is 21.0 Å². The van der Waals surface area contributed by atoms with Crippen molar-refractivity contribution < 1.29 is 38.7 Å². The molecule has 0 radical (unpaired) electrons. The minimum absolute atomic E-state index is 0.0352. The molecule has 3 aliphatic rings. The lowest BCUT2D eigenvalue weighted by Crippen LogP contribution is -2.54. The lowest BCUT2D eigenvalue weighted by molar-refractivity contribution is -0.163. The van der Waals surface area contributed by atoms with Crippen LogP contribution in [0, 0.1) is 17.3 Å². The maximum atomic E-state index is 12.7. The van der Waals surface area contributed by atoms with Crippen molar-refractivity contribution in [2.24, 2.45) is 17.3 Å². The van der Waals surface area contributed by atoms with E-state index in [9.17, 15) is 19.8 Å². The summed E-state index contributed by atoms with van der Waals surface area (Å²) in [5.74, 6) is 0.0273. The van der Waals surface area contributed by atoms with Gasteiger partial charge < -0.3 is 29.2 Å². The van der Waals surface area contributed by atoms with Crippen LogP contribution in [0.1, 0.15) is 66.8 Å². The third kappa shape index (κ3) is 5.93. The quantitative estimate of drug-likeness (QED) is 0.297. The highest BCUT2D eigenvalue weighted by Gasteiger charge is 2.56. The molecule has 46 heavy (non-hydrogen) atoms. The van der Waals surface area contributed by atoms with Gasteiger partial charge in [-0.05, 0) is 96.0 Å². The van der Waals surface area contributed by atoms with Crippen molar-refractivity contribution in [2.45, 2.75) is 70.5 Å². The Bertz CT molecular complexity index is 1650. The predicted octanol–water partition coefficient (Wildman–Crippen LogP) is 6.53. The van der Waals surface area contributed by atoms with E-state index in [2.05, 4.69) is 24.3 Å². The number of esters is 2. The summed E-state index contributed by atoms with van der Waals surface area (Å²) in [6.07, 6.45) is 7.05. The van der Waals surface area contributed by atoms with Gasteiger partial charge in [0.1, 0.15) is 12.2 Å². The minimum Gasteiger partial charge on any atom is -0.504 e. The summed E-state index contributed by atoms with van der Waals surface area (Å²) in [4.78, 5) is 25.1. The van der Waals surface area contributed by atoms with Crippen LogP contribution in [0.3, 0.4) is 0 Å². The van der Waals surface area contributed by atoms with Gasteiger partial charge in [0, 0.05) is 31.6 Å². The molecule has 6 rings (SSSR count). The molecule has 0 spiro atoms. The first kappa shape index (κ1) is 31.5. The fourth-order valence-corrected chi connectivity index (χ4v) is 8.56. The number of ether oxygens (including phenoxy) is 4. The van der Waals surface area contributed by atoms with E-state index in [1.54, 1.807) is 13.2 Å². The molecule has 0 unspecified atom stereocenters. The summed E-state index contributed by atoms with van der Waals surface area (Å²) >= 11 is 0. The molecule has 8 nitrogen and oxygen atoms in total. The zero-order valence-electron chi connectivity index (χ0n) is 26.8. The largest absolute Gasteiger partial charge is 0.504 e. The summed E-state index contributed by atoms with van der Waals surface area (Å²) in [6, 6.07) is 17.6. The summed E-state index contributed by atoms with van der Waals surface area (Å²) in [5, 5.41) is 21.6. The third-order valence-corrected chi connectivity index (χ3v) is 10.4. The molecule has 0 aromatic heterocycles. The lowest BCUT2D eigenvalue weighted by Gasteiger charge is -2.56. The Labute approximate surface area is 270 Å². The van der Waals surface area contributed by atoms with Crippen LogP contribution in [-0.4, -0.2) is 48.6 Å². The summed E-state index contributed by atoms with van der Waals surface area (Å²) < 4.78 is 23.2. The van der Waals surface area contributed by atoms with Crippen LogP contribution in [0.4, 0.5) is 0 Å². The molecule has 242 valence electrons. The standard InChI is InChI=1S/C38H42O8/c1-22(39)45-28-18-30-29-20-37(44-4)33(41)15-25(29)10-11-31(30)38(13-12-24-8-6-5-7-9-24)21-27-16-34(42)36(43-3)17-26(27)14-32(38)35(19-28)46-23(2)40/h5-9,12-13,15-17,20,28,30-32,35,41-42H,10-11,14,18-19,21H2,1-4H3/b13-12+/t28-,30-,31-,32+,35+,38+/m0/s1. The summed E-state index contributed by atoms with van der Waals surface area (Å²) in [5.41, 5.74) is 4.73. The Hall–Kier alpha value is -4.46. The predicted molar refractivity (Wildman–Crippen MR) is 173 cm³/mol. The Balaban J connectivity index is 1.60. The maximum absolute atomic E-state index is 12.7. The van der Waals surface area contributed by atoms with E-state index in [0.717, 1.165) is 40.7 Å². The second-order valence-electron chi connectivity index (χ2n) is 13.0. The molecule has 1 fully saturated rings. The van der Waals surface area contributed by atoms with Crippen molar-refractivity contribution in [2.75, 3.05) is 14.2 Å². The second-order valence-corrected chi connectivity index (χ2v) is 13.0. The number of phenols is 2. The monoisotopic (exact) mass is 626 g/mol. The Morgan fingerprint density at radius 2 is 1.50 bits per heavy atom. The number of methoxy groups -OCH3 is 2. The molecule has 0 heterocycles. The number of carbonyl (C=O) groups is 2. The van der Waals surface area contributed by atoms with Gasteiger partial charge >= 0.3 is 11.9 Å². The van der Waals surface area contributed by atoms with E-state index in [0.29, 0.717) is 37.2 Å². The highest BCUT2D eigenvalue weighted by atomic mass is 16.6. The molecule has 3 aromatic rings. The molecule has 3 aliphatic carbocycles. The summed E-state index contributed by atoms with van der Waals surface area (Å²) in [7, 11) is 3.08. The van der Waals surface area contributed by atoms with Crippen molar-refractivity contribution in [1.82, 2.24) is 0 Å². The van der Waals surface area contributed by atoms with Gasteiger partial charge in [0.2, 0.25) is 0 Å². The molecule has 0 aliphatic heterocycles. The average Bonchev–Trinajstić information content (AvgIpc) is 3.02. The average molecular weight is 627 g/mol. The molecular weight excluding hydrogens is 584 g/mol. The molecule has 0 bridgehead atoms. The number of rotatable bonds is 6. The highest BCUT2D eigenvalue weighted by Crippen LogP contribution is 2.60. The zero-order valence-corrected chi connectivity index (χ0v) is 26.8. The summed E-state index contributed by atoms with van der Waals surface area (Å²) in [6.45, 7) is 2.84. The SMILES string of the molecule is COc1cc2c(cc1O)C[C@@]1(/C=C/c3ccccc3)[C@H](C2)[C@H](OC(C)=O)C[C@@H](OC(C)=O)C[C@H]2c3cc(OC)c(O)cc3CC[C@@H]21. The van der Waals surface area contributed by atoms with E-state index < -0.39 is 17.6 Å². The smallest absolute Gasteiger partial charge is 0.302 e. The number of fused-ring (bicyclic) bond motifs is 6. The number of hydrogen-bond donors (Lipinski definition) is 2. The van der Waals surface area contributed by atoms with Crippen LogP contribution in [0.15, 0.2) is 60.7 Å². The minimum atomic E-state index is -0.535. The molecule has 2 N–H and O–H groups in total. The molecule has 6 atom stereocenters. The van der Waals surface area contributed by atoms with Gasteiger partial charge in [-0.25, -0.2) is 0 Å². The van der Waals surface area contributed by atoms with Crippen molar-refractivity contribution in [3.8, 4) is 23.0 Å². The van der Waals surface area contributed by atoms with Crippen LogP contribution >= 0.6 is 0 Å². The Morgan fingerprint density at radius 3 is 2.17 bits per heavy atom. The molecule has 0 amide bonds. The third-order valence-electron chi connectivity index (χ3n) is 10.4.